The molecule has 0 spiro atoms. The molecule has 2 aromatic rings. The molecular weight excluding hydrogens is 398 g/mol. The van der Waals surface area contributed by atoms with Crippen molar-refractivity contribution in [2.24, 2.45) is 4.99 Å². The highest BCUT2D eigenvalue weighted by atomic mass is 16.2. The van der Waals surface area contributed by atoms with Crippen molar-refractivity contribution in [3.8, 4) is 0 Å². The Labute approximate surface area is 192 Å². The van der Waals surface area contributed by atoms with E-state index in [0.717, 1.165) is 56.1 Å². The van der Waals surface area contributed by atoms with Crippen LogP contribution in [-0.4, -0.2) is 68.0 Å². The zero-order valence-electron chi connectivity index (χ0n) is 19.7. The van der Waals surface area contributed by atoms with Crippen LogP contribution in [0.3, 0.4) is 0 Å². The van der Waals surface area contributed by atoms with Gasteiger partial charge in [0.2, 0.25) is 0 Å². The molecule has 1 saturated heterocycles. The van der Waals surface area contributed by atoms with Gasteiger partial charge in [0.25, 0.3) is 5.91 Å². The number of hydrogen-bond acceptors (Lipinski definition) is 3. The molecule has 2 aromatic carbocycles. The molecule has 1 amide bonds. The number of carbonyl (C=O) groups excluding carboxylic acids is 1. The molecule has 3 rings (SSSR count). The van der Waals surface area contributed by atoms with E-state index in [0.29, 0.717) is 12.6 Å². The summed E-state index contributed by atoms with van der Waals surface area (Å²) in [7, 11) is 3.56. The molecule has 0 saturated carbocycles. The Bertz CT molecular complexity index is 881. The van der Waals surface area contributed by atoms with Crippen LogP contribution in [0.25, 0.3) is 0 Å². The van der Waals surface area contributed by atoms with Crippen LogP contribution in [0.4, 0.5) is 0 Å². The highest BCUT2D eigenvalue weighted by Gasteiger charge is 2.20. The fourth-order valence-electron chi connectivity index (χ4n) is 4.09. The molecule has 1 aliphatic heterocycles. The summed E-state index contributed by atoms with van der Waals surface area (Å²) >= 11 is 0. The van der Waals surface area contributed by atoms with Crippen LogP contribution < -0.4 is 10.6 Å². The summed E-state index contributed by atoms with van der Waals surface area (Å²) < 4.78 is 0. The molecule has 6 nitrogen and oxygen atoms in total. The normalized spacial score (nSPS) is 17.1. The Morgan fingerprint density at radius 2 is 1.91 bits per heavy atom. The fraction of sp³-hybridized carbons (Fsp3) is 0.462. The Kier molecular flexibility index (Phi) is 9.11. The van der Waals surface area contributed by atoms with E-state index in [-0.39, 0.29) is 5.91 Å². The molecule has 2 N–H and O–H groups in total. The van der Waals surface area contributed by atoms with E-state index in [2.05, 4.69) is 58.9 Å². The maximum absolute atomic E-state index is 12.2. The number of nitrogens with one attached hydrogen (secondary N) is 2. The molecule has 0 radical (unpaired) electrons. The predicted octanol–water partition coefficient (Wildman–Crippen LogP) is 3.15. The van der Waals surface area contributed by atoms with Crippen LogP contribution in [-0.2, 0) is 13.0 Å². The number of carbonyl (C=O) groups is 1. The third kappa shape index (κ3) is 7.38. The van der Waals surface area contributed by atoms with Crippen molar-refractivity contribution >= 4 is 11.9 Å². The zero-order valence-corrected chi connectivity index (χ0v) is 19.7. The summed E-state index contributed by atoms with van der Waals surface area (Å²) in [6.45, 7) is 6.76. The molecule has 1 unspecified atom stereocenters. The van der Waals surface area contributed by atoms with Crippen molar-refractivity contribution in [3.63, 3.8) is 0 Å². The molecule has 1 aliphatic rings. The van der Waals surface area contributed by atoms with Crippen LogP contribution in [0.1, 0.15) is 41.3 Å². The van der Waals surface area contributed by atoms with Gasteiger partial charge in [0.1, 0.15) is 0 Å². The lowest BCUT2D eigenvalue weighted by Crippen LogP contribution is -2.51. The quantitative estimate of drug-likeness (QED) is 0.494. The van der Waals surface area contributed by atoms with E-state index in [1.54, 1.807) is 19.0 Å². The monoisotopic (exact) mass is 435 g/mol. The first kappa shape index (κ1) is 23.8. The maximum Gasteiger partial charge on any atom is 0.253 e. The summed E-state index contributed by atoms with van der Waals surface area (Å²) in [5, 5.41) is 7.02. The predicted molar refractivity (Wildman–Crippen MR) is 132 cm³/mol. The van der Waals surface area contributed by atoms with Crippen molar-refractivity contribution in [3.05, 3.63) is 71.3 Å². The fourth-order valence-corrected chi connectivity index (χ4v) is 4.09. The van der Waals surface area contributed by atoms with Crippen molar-refractivity contribution in [2.75, 3.05) is 40.3 Å². The first-order valence-electron chi connectivity index (χ1n) is 11.7. The lowest BCUT2D eigenvalue weighted by atomic mass is 10.0. The summed E-state index contributed by atoms with van der Waals surface area (Å²) in [5.74, 6) is 0.905. The number of amides is 1. The minimum atomic E-state index is 0.0303. The van der Waals surface area contributed by atoms with Crippen LogP contribution in [0, 0.1) is 0 Å². The molecule has 32 heavy (non-hydrogen) atoms. The first-order chi connectivity index (χ1) is 15.5. The molecular formula is C26H37N5O. The number of nitrogens with zero attached hydrogens (tertiary/aromatic N) is 3. The van der Waals surface area contributed by atoms with Crippen molar-refractivity contribution in [2.45, 2.75) is 38.8 Å². The second-order valence-corrected chi connectivity index (χ2v) is 8.61. The van der Waals surface area contributed by atoms with Crippen LogP contribution >= 0.6 is 0 Å². The van der Waals surface area contributed by atoms with Gasteiger partial charge in [-0.05, 0) is 56.0 Å². The van der Waals surface area contributed by atoms with Crippen molar-refractivity contribution in [1.82, 2.24) is 20.4 Å². The SMILES string of the molecule is CCNC(=NCCc1cccc(C(=O)N(C)C)c1)NC1CCCN(Cc2ccccc2)C1. The second-order valence-electron chi connectivity index (χ2n) is 8.61. The van der Waals surface area contributed by atoms with Gasteiger partial charge in [-0.25, -0.2) is 0 Å². The first-order valence-corrected chi connectivity index (χ1v) is 11.7. The highest BCUT2D eigenvalue weighted by molar-refractivity contribution is 5.94. The molecule has 1 fully saturated rings. The lowest BCUT2D eigenvalue weighted by molar-refractivity contribution is 0.0827. The van der Waals surface area contributed by atoms with Crippen LogP contribution in [0.2, 0.25) is 0 Å². The Morgan fingerprint density at radius 3 is 2.66 bits per heavy atom. The average molecular weight is 436 g/mol. The van der Waals surface area contributed by atoms with E-state index in [1.807, 2.05) is 18.2 Å². The van der Waals surface area contributed by atoms with Gasteiger partial charge in [0.15, 0.2) is 5.96 Å². The van der Waals surface area contributed by atoms with E-state index in [4.69, 9.17) is 4.99 Å². The molecule has 1 heterocycles. The second kappa shape index (κ2) is 12.2. The smallest absolute Gasteiger partial charge is 0.253 e. The van der Waals surface area contributed by atoms with E-state index in [9.17, 15) is 4.79 Å². The summed E-state index contributed by atoms with van der Waals surface area (Å²) in [6.07, 6.45) is 3.15. The standard InChI is InChI=1S/C26H37N5O/c1-4-27-26(28-16-15-21-12-8-13-23(18-21)25(32)30(2)3)29-24-14-9-17-31(20-24)19-22-10-6-5-7-11-22/h5-8,10-13,18,24H,4,9,14-17,19-20H2,1-3H3,(H2,27,28,29). The zero-order chi connectivity index (χ0) is 22.8. The molecule has 172 valence electrons. The third-order valence-corrected chi connectivity index (χ3v) is 5.69. The Morgan fingerprint density at radius 1 is 1.12 bits per heavy atom. The van der Waals surface area contributed by atoms with Gasteiger partial charge in [-0.15, -0.1) is 0 Å². The number of hydrogen-bond donors (Lipinski definition) is 2. The molecule has 0 bridgehead atoms. The van der Waals surface area contributed by atoms with Gasteiger partial charge in [-0.3, -0.25) is 14.7 Å². The number of benzene rings is 2. The number of aliphatic imine (C=N–C) groups is 1. The van der Waals surface area contributed by atoms with E-state index >= 15 is 0 Å². The molecule has 6 heteroatoms. The largest absolute Gasteiger partial charge is 0.357 e. The highest BCUT2D eigenvalue weighted by Crippen LogP contribution is 2.14. The number of piperidine rings is 1. The van der Waals surface area contributed by atoms with Gasteiger partial charge in [-0.2, -0.15) is 0 Å². The third-order valence-electron chi connectivity index (χ3n) is 5.69. The van der Waals surface area contributed by atoms with E-state index in [1.165, 1.54) is 12.0 Å². The Balaban J connectivity index is 1.54. The van der Waals surface area contributed by atoms with Gasteiger partial charge in [-0.1, -0.05) is 42.5 Å². The Hall–Kier alpha value is -2.86. The minimum absolute atomic E-state index is 0.0303. The molecule has 0 aromatic heterocycles. The molecule has 0 aliphatic carbocycles. The van der Waals surface area contributed by atoms with Crippen LogP contribution in [0.15, 0.2) is 59.6 Å². The molecule has 1 atom stereocenters. The number of likely N-dealkylation sites (tertiary alicyclic amines) is 1. The number of guanidine groups is 1. The summed E-state index contributed by atoms with van der Waals surface area (Å²) in [6, 6.07) is 18.9. The summed E-state index contributed by atoms with van der Waals surface area (Å²) in [5.41, 5.74) is 3.22. The minimum Gasteiger partial charge on any atom is -0.357 e. The van der Waals surface area contributed by atoms with Gasteiger partial charge < -0.3 is 15.5 Å². The maximum atomic E-state index is 12.2. The average Bonchev–Trinajstić information content (AvgIpc) is 2.80. The van der Waals surface area contributed by atoms with Crippen LogP contribution in [0.5, 0.6) is 0 Å². The number of rotatable bonds is 8. The van der Waals surface area contributed by atoms with Gasteiger partial charge in [0.05, 0.1) is 0 Å². The van der Waals surface area contributed by atoms with Crippen molar-refractivity contribution in [1.29, 1.82) is 0 Å². The van der Waals surface area contributed by atoms with E-state index < -0.39 is 0 Å². The lowest BCUT2D eigenvalue weighted by Gasteiger charge is -2.34. The van der Waals surface area contributed by atoms with Gasteiger partial charge in [0, 0.05) is 51.9 Å². The van der Waals surface area contributed by atoms with Gasteiger partial charge >= 0.3 is 0 Å². The summed E-state index contributed by atoms with van der Waals surface area (Å²) in [4.78, 5) is 21.1. The van der Waals surface area contributed by atoms with Crippen molar-refractivity contribution < 1.29 is 4.79 Å². The topological polar surface area (TPSA) is 60.0 Å².